The summed E-state index contributed by atoms with van der Waals surface area (Å²) in [7, 11) is 5.38. The van der Waals surface area contributed by atoms with Gasteiger partial charge in [-0.25, -0.2) is 9.97 Å². The van der Waals surface area contributed by atoms with Crippen LogP contribution in [0.15, 0.2) is 36.7 Å². The molecule has 3 N–H and O–H groups in total. The van der Waals surface area contributed by atoms with Crippen molar-refractivity contribution < 1.29 is 22.7 Å². The number of ether oxygens (including phenoxy) is 1. The topological polar surface area (TPSA) is 91.4 Å². The predicted octanol–water partition coefficient (Wildman–Crippen LogP) is 7.10. The predicted molar refractivity (Wildman–Crippen MR) is 167 cm³/mol. The van der Waals surface area contributed by atoms with Gasteiger partial charge in [-0.15, -0.1) is 0 Å². The van der Waals surface area contributed by atoms with Crippen LogP contribution in [-0.2, 0) is 6.18 Å². The maximum atomic E-state index is 12.9. The molecule has 11 heteroatoms. The molecule has 240 valence electrons. The van der Waals surface area contributed by atoms with Gasteiger partial charge >= 0.3 is 6.18 Å². The minimum atomic E-state index is -4.51. The van der Waals surface area contributed by atoms with Crippen molar-refractivity contribution in [2.24, 2.45) is 5.92 Å². The Morgan fingerprint density at radius 2 is 1.79 bits per heavy atom. The highest BCUT2D eigenvalue weighted by atomic mass is 19.4. The van der Waals surface area contributed by atoms with Crippen LogP contribution in [-0.4, -0.2) is 61.1 Å². The minimum Gasteiger partial charge on any atom is -0.495 e. The smallest absolute Gasteiger partial charge is 0.419 e. The minimum absolute atomic E-state index is 0.00215. The molecule has 2 aromatic rings. The van der Waals surface area contributed by atoms with Crippen molar-refractivity contribution in [1.29, 1.82) is 0 Å². The van der Waals surface area contributed by atoms with Gasteiger partial charge in [0.15, 0.2) is 0 Å². The van der Waals surface area contributed by atoms with Crippen molar-refractivity contribution in [2.75, 3.05) is 39.6 Å². The number of rotatable bonds is 7. The Bertz CT molecular complexity index is 1150. The molecule has 1 saturated carbocycles. The summed E-state index contributed by atoms with van der Waals surface area (Å²) in [5.74, 6) is 1.19. The summed E-state index contributed by atoms with van der Waals surface area (Å²) in [6, 6.07) is 4.93. The van der Waals surface area contributed by atoms with Crippen LogP contribution in [0.5, 0.6) is 5.75 Å². The van der Waals surface area contributed by atoms with Crippen molar-refractivity contribution in [2.45, 2.75) is 84.4 Å². The van der Waals surface area contributed by atoms with Gasteiger partial charge in [-0.3, -0.25) is 4.79 Å². The first-order valence-electron chi connectivity index (χ1n) is 15.1. The summed E-state index contributed by atoms with van der Waals surface area (Å²) < 4.78 is 44.0. The van der Waals surface area contributed by atoms with E-state index in [1.165, 1.54) is 46.1 Å². The second-order valence-electron chi connectivity index (χ2n) is 11.2. The Hall–Kier alpha value is -3.34. The van der Waals surface area contributed by atoms with Gasteiger partial charge in [0.1, 0.15) is 5.75 Å². The van der Waals surface area contributed by atoms with Crippen LogP contribution in [0.1, 0.15) is 86.8 Å². The van der Waals surface area contributed by atoms with Crippen molar-refractivity contribution in [3.05, 3.63) is 53.5 Å². The highest BCUT2D eigenvalue weighted by molar-refractivity contribution is 5.95. The number of carbonyl (C=O) groups excluding carboxylic acids is 1. The molecular weight excluding hydrogens is 557 g/mol. The van der Waals surface area contributed by atoms with Crippen LogP contribution >= 0.6 is 0 Å². The van der Waals surface area contributed by atoms with Crippen LogP contribution in [0.4, 0.5) is 24.8 Å². The highest BCUT2D eigenvalue weighted by Crippen LogP contribution is 2.32. The van der Waals surface area contributed by atoms with Gasteiger partial charge in [-0.1, -0.05) is 52.5 Å². The molecule has 1 amide bonds. The zero-order valence-electron chi connectivity index (χ0n) is 26.5. The van der Waals surface area contributed by atoms with E-state index in [1.54, 1.807) is 18.2 Å². The van der Waals surface area contributed by atoms with Gasteiger partial charge in [0.05, 0.1) is 24.1 Å². The summed E-state index contributed by atoms with van der Waals surface area (Å²) in [5.41, 5.74) is 0.886. The maximum Gasteiger partial charge on any atom is 0.419 e. The number of aromatic nitrogens is 2. The number of hydrogen-bond donors (Lipinski definition) is 3. The van der Waals surface area contributed by atoms with Gasteiger partial charge in [0.2, 0.25) is 5.95 Å². The fourth-order valence-electron chi connectivity index (χ4n) is 4.77. The third-order valence-electron chi connectivity index (χ3n) is 7.72. The molecule has 0 atom stereocenters. The summed E-state index contributed by atoms with van der Waals surface area (Å²) in [6.07, 6.45) is 6.47. The Morgan fingerprint density at radius 1 is 1.14 bits per heavy atom. The van der Waals surface area contributed by atoms with Gasteiger partial charge in [0, 0.05) is 30.5 Å². The van der Waals surface area contributed by atoms with Crippen molar-refractivity contribution >= 4 is 17.5 Å². The average Bonchev–Trinajstić information content (AvgIpc) is 2.98. The molecule has 1 aliphatic heterocycles. The Morgan fingerprint density at radius 3 is 2.26 bits per heavy atom. The van der Waals surface area contributed by atoms with E-state index in [0.29, 0.717) is 17.0 Å². The summed E-state index contributed by atoms with van der Waals surface area (Å²) in [5, 5.41) is 8.79. The number of halogens is 3. The van der Waals surface area contributed by atoms with Crippen molar-refractivity contribution in [1.82, 2.24) is 25.5 Å². The van der Waals surface area contributed by atoms with E-state index >= 15 is 0 Å². The molecule has 0 radical (unpaired) electrons. The highest BCUT2D eigenvalue weighted by Gasteiger charge is 2.33. The number of alkyl halides is 3. The lowest BCUT2D eigenvalue weighted by Gasteiger charge is -2.29. The number of amides is 1. The number of hydrogen-bond acceptors (Lipinski definition) is 7. The molecule has 0 unspecified atom stereocenters. The number of benzene rings is 1. The van der Waals surface area contributed by atoms with E-state index in [4.69, 9.17) is 4.74 Å². The van der Waals surface area contributed by atoms with E-state index in [-0.39, 0.29) is 23.6 Å². The first-order chi connectivity index (χ1) is 20.4. The molecule has 2 heterocycles. The maximum absolute atomic E-state index is 12.9. The molecule has 2 fully saturated rings. The number of nitrogens with zero attached hydrogens (tertiary/aromatic N) is 3. The molecule has 1 aliphatic carbocycles. The van der Waals surface area contributed by atoms with Crippen LogP contribution in [0.2, 0.25) is 0 Å². The summed E-state index contributed by atoms with van der Waals surface area (Å²) in [4.78, 5) is 22.4. The molecule has 43 heavy (non-hydrogen) atoms. The van der Waals surface area contributed by atoms with Gasteiger partial charge in [0.25, 0.3) is 5.91 Å². The molecular formula is C32H49F3N6O2. The van der Waals surface area contributed by atoms with Gasteiger partial charge < -0.3 is 25.6 Å². The van der Waals surface area contributed by atoms with Crippen molar-refractivity contribution in [3.8, 4) is 5.75 Å². The third kappa shape index (κ3) is 12.4. The molecule has 1 saturated heterocycles. The van der Waals surface area contributed by atoms with Crippen LogP contribution in [0.25, 0.3) is 0 Å². The summed E-state index contributed by atoms with van der Waals surface area (Å²) in [6.45, 7) is 11.2. The van der Waals surface area contributed by atoms with Crippen molar-refractivity contribution in [3.63, 3.8) is 0 Å². The second kappa shape index (κ2) is 17.7. The number of likely N-dealkylation sites (tertiary alicyclic amines) is 1. The van der Waals surface area contributed by atoms with Gasteiger partial charge in [-0.2, -0.15) is 13.2 Å². The van der Waals surface area contributed by atoms with Crippen LogP contribution in [0, 0.1) is 12.8 Å². The number of nitrogens with one attached hydrogen (secondary N) is 3. The second-order valence-corrected chi connectivity index (χ2v) is 11.2. The molecule has 1 aromatic heterocycles. The SMILES string of the molecule is C=C(CC)NC.CC1CCCCC1.COc1cc(C(=O)NC2CCN(C)CC2)ccc1Nc1ncc(C(F)(F)F)c(C)n1. The van der Waals surface area contributed by atoms with Crippen LogP contribution < -0.4 is 20.7 Å². The molecule has 0 spiro atoms. The molecule has 0 bridgehead atoms. The molecule has 1 aromatic carbocycles. The summed E-state index contributed by atoms with van der Waals surface area (Å²) >= 11 is 0. The quantitative estimate of drug-likeness (QED) is 0.310. The molecule has 8 nitrogen and oxygen atoms in total. The number of anilines is 2. The normalized spacial score (nSPS) is 16.1. The van der Waals surface area contributed by atoms with E-state index in [2.05, 4.69) is 58.3 Å². The fraction of sp³-hybridized carbons (Fsp3) is 0.594. The average molecular weight is 607 g/mol. The lowest BCUT2D eigenvalue weighted by Crippen LogP contribution is -2.43. The van der Waals surface area contributed by atoms with E-state index in [0.717, 1.165) is 50.2 Å². The number of aryl methyl sites for hydroxylation is 1. The lowest BCUT2D eigenvalue weighted by atomic mass is 9.91. The lowest BCUT2D eigenvalue weighted by molar-refractivity contribution is -0.138. The first kappa shape index (κ1) is 35.9. The fourth-order valence-corrected chi connectivity index (χ4v) is 4.77. The number of carbonyl (C=O) groups is 1. The third-order valence-corrected chi connectivity index (χ3v) is 7.72. The zero-order chi connectivity index (χ0) is 32.0. The Kier molecular flexibility index (Phi) is 14.8. The number of piperidine rings is 1. The standard InChI is InChI=1S/C20H24F3N5O2.C7H14.C5H11N/c1-12-15(20(21,22)23)11-24-19(25-12)27-16-5-4-13(10-17(16)30-3)18(29)26-14-6-8-28(2)9-7-14;1-7-5-3-2-4-6-7;1-4-5(2)6-3/h4-5,10-11,14H,6-9H2,1-3H3,(H,26,29)(H,24,25,27);7H,2-6H2,1H3;6H,2,4H2,1,3H3. The first-order valence-corrected chi connectivity index (χ1v) is 15.1. The van der Waals surface area contributed by atoms with E-state index in [1.807, 2.05) is 7.05 Å². The molecule has 4 rings (SSSR count). The zero-order valence-corrected chi connectivity index (χ0v) is 26.5. The Labute approximate surface area is 254 Å². The number of methoxy groups -OCH3 is 1. The number of allylic oxidation sites excluding steroid dienone is 1. The molecule has 2 aliphatic rings. The largest absolute Gasteiger partial charge is 0.495 e. The Balaban J connectivity index is 0.000000409. The van der Waals surface area contributed by atoms with E-state index < -0.39 is 11.7 Å². The van der Waals surface area contributed by atoms with E-state index in [9.17, 15) is 18.0 Å². The van der Waals surface area contributed by atoms with Gasteiger partial charge in [-0.05, 0) is 70.4 Å². The van der Waals surface area contributed by atoms with Crippen LogP contribution in [0.3, 0.4) is 0 Å². The monoisotopic (exact) mass is 606 g/mol.